The van der Waals surface area contributed by atoms with Crippen LogP contribution in [0.5, 0.6) is 0 Å². The van der Waals surface area contributed by atoms with Crippen molar-refractivity contribution in [2.75, 3.05) is 14.6 Å². The highest BCUT2D eigenvalue weighted by Gasteiger charge is 2.53. The highest BCUT2D eigenvalue weighted by Crippen LogP contribution is 2.61. The molecule has 3 heterocycles. The molecule has 0 fully saturated rings. The van der Waals surface area contributed by atoms with Gasteiger partial charge in [-0.3, -0.25) is 0 Å². The summed E-state index contributed by atoms with van der Waals surface area (Å²) in [7, 11) is 0. The van der Waals surface area contributed by atoms with Gasteiger partial charge in [0.1, 0.15) is 11.2 Å². The molecule has 0 unspecified atom stereocenters. The van der Waals surface area contributed by atoms with Gasteiger partial charge in [0.2, 0.25) is 0 Å². The first-order valence-corrected chi connectivity index (χ1v) is 37.8. The number of nitrogens with zero attached hydrogens (tertiary/aromatic N) is 3. The maximum absolute atomic E-state index is 8.18. The summed E-state index contributed by atoms with van der Waals surface area (Å²) in [4.78, 5) is 8.06. The molecule has 0 atom stereocenters. The molecule has 0 spiro atoms. The van der Waals surface area contributed by atoms with Crippen molar-refractivity contribution >= 4 is 74.4 Å². The molecule has 2 aliphatic heterocycles. The normalized spacial score (nSPS) is 19.0. The molecule has 0 amide bonds. The van der Waals surface area contributed by atoms with Gasteiger partial charge in [-0.25, -0.2) is 0 Å². The Bertz CT molecular complexity index is 4980. The summed E-state index contributed by atoms with van der Waals surface area (Å²) in [6, 6.07) is 66.2. The van der Waals surface area contributed by atoms with Crippen molar-refractivity contribution in [2.45, 2.75) is 252 Å². The van der Waals surface area contributed by atoms with Gasteiger partial charge in [-0.2, -0.15) is 0 Å². The van der Waals surface area contributed by atoms with Gasteiger partial charge in [0.05, 0.1) is 11.4 Å². The van der Waals surface area contributed by atoms with Crippen LogP contribution in [0, 0.1) is 0 Å². The molecule has 9 aromatic carbocycles. The standard InChI is InChI=1S/C95H108BN3O/c1-86(2,3)58-29-34-61(35-30-58)97(62-36-31-59(32-37-62)87(4,5)6)64-48-69-68-52-72-67(66-51-75-77(55-73(66)95(72,22)23)93(18,19)45-43-91(75,14)15)54-80(68)99(63-38-39-71-74(49-63)90(12,13)42-41-89(71,10)11)96-83(69)81(50-64)98(79-40-33-60(88(7,8)9)47-65(79)57-27-25-24-26-28-57)84-70-53-76-78(56-82(70)100-85(84)96)94(20,21)46-44-92(76,16)17/h24-40,47-56H,41-46H2,1-23H3. The average molecular weight is 1320 g/mol. The van der Waals surface area contributed by atoms with Crippen LogP contribution >= 0.6 is 0 Å². The van der Waals surface area contributed by atoms with Crippen LogP contribution in [0.2, 0.25) is 0 Å². The summed E-state index contributed by atoms with van der Waals surface area (Å²) in [5.74, 6) is 0. The molecule has 0 N–H and O–H groups in total. The Hall–Kier alpha value is -8.02. The molecular formula is C95H108BN3O. The number of rotatable bonds is 6. The van der Waals surface area contributed by atoms with Gasteiger partial charge in [-0.1, -0.05) is 232 Å². The van der Waals surface area contributed by atoms with Crippen molar-refractivity contribution in [3.8, 4) is 33.4 Å². The molecule has 5 heteroatoms. The van der Waals surface area contributed by atoms with Crippen molar-refractivity contribution in [1.82, 2.24) is 0 Å². The first-order valence-electron chi connectivity index (χ1n) is 37.8. The largest absolute Gasteiger partial charge is 0.466 e. The third-order valence-electron chi connectivity index (χ3n) is 25.9. The fourth-order valence-electron chi connectivity index (χ4n) is 18.9. The topological polar surface area (TPSA) is 22.9 Å². The zero-order valence-electron chi connectivity index (χ0n) is 64.7. The van der Waals surface area contributed by atoms with E-state index < -0.39 is 6.85 Å². The van der Waals surface area contributed by atoms with Crippen LogP contribution in [0.1, 0.15) is 259 Å². The van der Waals surface area contributed by atoms with Crippen LogP contribution < -0.4 is 25.7 Å². The van der Waals surface area contributed by atoms with Gasteiger partial charge in [-0.15, -0.1) is 0 Å². The van der Waals surface area contributed by atoms with E-state index in [0.717, 1.165) is 82.9 Å². The van der Waals surface area contributed by atoms with Crippen LogP contribution in [0.4, 0.5) is 45.5 Å². The lowest BCUT2D eigenvalue weighted by atomic mass is 9.45. The summed E-state index contributed by atoms with van der Waals surface area (Å²) in [5.41, 5.74) is 34.9. The smallest absolute Gasteiger partial charge is 0.375 e. The van der Waals surface area contributed by atoms with Gasteiger partial charge in [-0.05, 0) is 267 Å². The Morgan fingerprint density at radius 1 is 0.360 bits per heavy atom. The Labute approximate surface area is 600 Å². The SMILES string of the molecule is CC(C)(C)c1ccc(N(c2ccc(C(C)(C)C)cc2)c2cc3c4c(c2)N(c2ccc(C(C)(C)C)cc2-c2ccccc2)c2c(oc5cc6c(cc25)C(C)(C)CCC6(C)C)B4N(c2ccc4c(c2)C(C)(C)CCC4(C)C)c2cc4c(cc2-3)C(C)(C)c2cc3c(cc2-4)C(C)(C)CCC3(C)C)cc1. The van der Waals surface area contributed by atoms with E-state index in [9.17, 15) is 0 Å². The molecule has 0 radical (unpaired) electrons. The predicted octanol–water partition coefficient (Wildman–Crippen LogP) is 25.5. The van der Waals surface area contributed by atoms with E-state index in [1.54, 1.807) is 0 Å². The molecule has 0 bridgehead atoms. The molecule has 1 aromatic heterocycles. The Kier molecular flexibility index (Phi) is 14.3. The van der Waals surface area contributed by atoms with E-state index in [2.05, 4.69) is 338 Å². The molecule has 10 aromatic rings. The Morgan fingerprint density at radius 2 is 0.830 bits per heavy atom. The fourth-order valence-corrected chi connectivity index (χ4v) is 18.9. The highest BCUT2D eigenvalue weighted by atomic mass is 16.3. The molecule has 512 valence electrons. The zero-order valence-corrected chi connectivity index (χ0v) is 64.7. The predicted molar refractivity (Wildman–Crippen MR) is 430 cm³/mol. The third-order valence-corrected chi connectivity index (χ3v) is 25.9. The summed E-state index contributed by atoms with van der Waals surface area (Å²) >= 11 is 0. The third kappa shape index (κ3) is 10.1. The number of anilines is 8. The molecular weight excluding hydrogens is 1210 g/mol. The van der Waals surface area contributed by atoms with Crippen LogP contribution in [0.25, 0.3) is 44.3 Å². The van der Waals surface area contributed by atoms with Crippen LogP contribution in [0.3, 0.4) is 0 Å². The van der Waals surface area contributed by atoms with Crippen molar-refractivity contribution in [1.29, 1.82) is 0 Å². The van der Waals surface area contributed by atoms with E-state index in [4.69, 9.17) is 4.42 Å². The van der Waals surface area contributed by atoms with Crippen molar-refractivity contribution in [2.24, 2.45) is 0 Å². The number of benzene rings is 9. The maximum atomic E-state index is 8.18. The van der Waals surface area contributed by atoms with Gasteiger partial charge in [0.15, 0.2) is 0 Å². The van der Waals surface area contributed by atoms with Gasteiger partial charge in [0, 0.05) is 56.1 Å². The molecule has 6 aliphatic rings. The van der Waals surface area contributed by atoms with Crippen LogP contribution in [-0.4, -0.2) is 6.85 Å². The van der Waals surface area contributed by atoms with Gasteiger partial charge < -0.3 is 19.0 Å². The summed E-state index contributed by atoms with van der Waals surface area (Å²) < 4.78 is 8.18. The number of furan rings is 1. The molecule has 100 heavy (non-hydrogen) atoms. The van der Waals surface area contributed by atoms with Crippen molar-refractivity contribution < 1.29 is 4.42 Å². The second-order valence-electron chi connectivity index (χ2n) is 39.0. The number of hydrogen-bond acceptors (Lipinski definition) is 4. The van der Waals surface area contributed by atoms with Crippen molar-refractivity contribution in [3.05, 3.63) is 225 Å². The summed E-state index contributed by atoms with van der Waals surface area (Å²) in [6.07, 6.45) is 6.82. The lowest BCUT2D eigenvalue weighted by Crippen LogP contribution is -2.61. The fraction of sp³-hybridized carbons (Fsp3) is 0.411. The molecule has 0 saturated heterocycles. The lowest BCUT2D eigenvalue weighted by Gasteiger charge is -2.46. The highest BCUT2D eigenvalue weighted by molar-refractivity contribution is 6.93. The monoisotopic (exact) mass is 1320 g/mol. The quantitative estimate of drug-likeness (QED) is 0.155. The number of hydrogen-bond donors (Lipinski definition) is 0. The molecule has 16 rings (SSSR count). The molecule has 4 nitrogen and oxygen atoms in total. The second kappa shape index (κ2) is 21.5. The maximum Gasteiger partial charge on any atom is 0.375 e. The first-order chi connectivity index (χ1) is 46.7. The number of fused-ring (bicyclic) bond motifs is 12. The van der Waals surface area contributed by atoms with Crippen LogP contribution in [0.15, 0.2) is 168 Å². The Balaban J connectivity index is 1.10. The van der Waals surface area contributed by atoms with E-state index in [0.29, 0.717) is 0 Å². The lowest BCUT2D eigenvalue weighted by molar-refractivity contribution is 0.331. The van der Waals surface area contributed by atoms with E-state index >= 15 is 0 Å². The molecule has 0 saturated carbocycles. The summed E-state index contributed by atoms with van der Waals surface area (Å²) in [6.45, 7) is 55.4. The Morgan fingerprint density at radius 3 is 1.38 bits per heavy atom. The van der Waals surface area contributed by atoms with Gasteiger partial charge >= 0.3 is 6.85 Å². The van der Waals surface area contributed by atoms with Crippen molar-refractivity contribution in [3.63, 3.8) is 0 Å². The van der Waals surface area contributed by atoms with E-state index in [1.807, 2.05) is 0 Å². The molecule has 4 aliphatic carbocycles. The van der Waals surface area contributed by atoms with Gasteiger partial charge in [0.25, 0.3) is 0 Å². The zero-order chi connectivity index (χ0) is 71.1. The van der Waals surface area contributed by atoms with E-state index in [1.165, 1.54) is 118 Å². The average Bonchev–Trinajstić information content (AvgIpc) is 1.35. The van der Waals surface area contributed by atoms with Crippen LogP contribution in [-0.2, 0) is 54.1 Å². The minimum absolute atomic E-state index is 0.0277. The van der Waals surface area contributed by atoms with E-state index in [-0.39, 0.29) is 54.1 Å². The minimum Gasteiger partial charge on any atom is -0.466 e. The minimum atomic E-state index is -0.393. The first kappa shape index (κ1) is 66.5. The second-order valence-corrected chi connectivity index (χ2v) is 39.0. The summed E-state index contributed by atoms with van der Waals surface area (Å²) in [5, 5.41) is 1.16.